The number of hydrogen-bond donors (Lipinski definition) is 0. The van der Waals surface area contributed by atoms with Crippen LogP contribution in [0.5, 0.6) is 0 Å². The standard InChI is InChI=1S/C12H11P/c1-2-4-8-11(7-3-1)12-9-5-6-10-13-12/h1,3-10H,2H2. The number of rotatable bonds is 1. The molecule has 1 aliphatic carbocycles. The lowest BCUT2D eigenvalue weighted by Crippen LogP contribution is -1.73. The van der Waals surface area contributed by atoms with Crippen molar-refractivity contribution in [2.24, 2.45) is 0 Å². The van der Waals surface area contributed by atoms with E-state index < -0.39 is 0 Å². The molecule has 0 aromatic carbocycles. The van der Waals surface area contributed by atoms with E-state index in [-0.39, 0.29) is 0 Å². The summed E-state index contributed by atoms with van der Waals surface area (Å²) >= 11 is 0. The van der Waals surface area contributed by atoms with Gasteiger partial charge in [0.15, 0.2) is 0 Å². The molecule has 0 saturated carbocycles. The minimum atomic E-state index is 1.05. The molecule has 0 aliphatic heterocycles. The third-order valence-corrected chi connectivity index (χ3v) is 2.95. The molecule has 0 bridgehead atoms. The smallest absolute Gasteiger partial charge is 0.00900 e. The van der Waals surface area contributed by atoms with E-state index in [1.807, 2.05) is 0 Å². The Morgan fingerprint density at radius 3 is 3.00 bits per heavy atom. The van der Waals surface area contributed by atoms with Crippen molar-refractivity contribution in [3.8, 4) is 0 Å². The fraction of sp³-hybridized carbons (Fsp3) is 0.0833. The van der Waals surface area contributed by atoms with Crippen molar-refractivity contribution in [2.45, 2.75) is 6.42 Å². The predicted octanol–water partition coefficient (Wildman–Crippen LogP) is 4.17. The van der Waals surface area contributed by atoms with Gasteiger partial charge in [0.25, 0.3) is 0 Å². The highest BCUT2D eigenvalue weighted by Gasteiger charge is 1.96. The highest BCUT2D eigenvalue weighted by Crippen LogP contribution is 2.24. The minimum absolute atomic E-state index is 1.05. The van der Waals surface area contributed by atoms with Crippen molar-refractivity contribution >= 4 is 13.8 Å². The van der Waals surface area contributed by atoms with Gasteiger partial charge in [0.2, 0.25) is 0 Å². The lowest BCUT2D eigenvalue weighted by Gasteiger charge is -1.98. The number of hydrogen-bond acceptors (Lipinski definition) is 0. The summed E-state index contributed by atoms with van der Waals surface area (Å²) in [7, 11) is 1.30. The third-order valence-electron chi connectivity index (χ3n) is 1.94. The second kappa shape index (κ2) is 4.20. The monoisotopic (exact) mass is 186 g/mol. The van der Waals surface area contributed by atoms with E-state index in [1.54, 1.807) is 0 Å². The molecule has 1 heteroatoms. The summed E-state index contributed by atoms with van der Waals surface area (Å²) in [5, 5.41) is 1.38. The molecule has 2 rings (SSSR count). The van der Waals surface area contributed by atoms with Crippen molar-refractivity contribution in [3.63, 3.8) is 0 Å². The maximum atomic E-state index is 2.20. The summed E-state index contributed by atoms with van der Waals surface area (Å²) < 4.78 is 0. The Morgan fingerprint density at radius 1 is 1.15 bits per heavy atom. The van der Waals surface area contributed by atoms with Gasteiger partial charge in [-0.2, -0.15) is 0 Å². The molecule has 1 aromatic rings. The van der Waals surface area contributed by atoms with Crippen LogP contribution < -0.4 is 0 Å². The first kappa shape index (κ1) is 8.47. The first-order valence-corrected chi connectivity index (χ1v) is 5.38. The van der Waals surface area contributed by atoms with Gasteiger partial charge in [-0.25, -0.2) is 0 Å². The van der Waals surface area contributed by atoms with Gasteiger partial charge in [0, 0.05) is 5.30 Å². The zero-order valence-electron chi connectivity index (χ0n) is 7.35. The van der Waals surface area contributed by atoms with Gasteiger partial charge in [-0.15, -0.1) is 0 Å². The summed E-state index contributed by atoms with van der Waals surface area (Å²) in [5.41, 5.74) is 1.33. The summed E-state index contributed by atoms with van der Waals surface area (Å²) in [6.07, 6.45) is 11.9. The normalized spacial score (nSPS) is 15.8. The zero-order valence-corrected chi connectivity index (χ0v) is 8.24. The third kappa shape index (κ3) is 2.17. The van der Waals surface area contributed by atoms with Gasteiger partial charge in [-0.3, -0.25) is 0 Å². The topological polar surface area (TPSA) is 0 Å². The average molecular weight is 186 g/mol. The van der Waals surface area contributed by atoms with Crippen LogP contribution in [-0.2, 0) is 0 Å². The van der Waals surface area contributed by atoms with Crippen molar-refractivity contribution < 1.29 is 0 Å². The van der Waals surface area contributed by atoms with Crippen LogP contribution in [-0.4, -0.2) is 0 Å². The quantitative estimate of drug-likeness (QED) is 0.617. The van der Waals surface area contributed by atoms with Gasteiger partial charge < -0.3 is 0 Å². The van der Waals surface area contributed by atoms with Crippen LogP contribution in [0.1, 0.15) is 11.7 Å². The summed E-state index contributed by atoms with van der Waals surface area (Å²) in [6, 6.07) is 6.36. The molecule has 0 unspecified atom stereocenters. The van der Waals surface area contributed by atoms with Gasteiger partial charge in [0.1, 0.15) is 0 Å². The lowest BCUT2D eigenvalue weighted by molar-refractivity contribution is 1.41. The van der Waals surface area contributed by atoms with Crippen LogP contribution in [0.4, 0.5) is 0 Å². The van der Waals surface area contributed by atoms with Crippen molar-refractivity contribution in [2.75, 3.05) is 0 Å². The average Bonchev–Trinajstić information content (AvgIpc) is 2.47. The Balaban J connectivity index is 2.36. The van der Waals surface area contributed by atoms with E-state index in [2.05, 4.69) is 54.4 Å². The van der Waals surface area contributed by atoms with Crippen LogP contribution in [0.15, 0.2) is 54.4 Å². The molecule has 1 aliphatic rings. The van der Waals surface area contributed by atoms with Crippen LogP contribution in [0.25, 0.3) is 5.57 Å². The summed E-state index contributed by atoms with van der Waals surface area (Å²) in [5.74, 6) is 2.17. The van der Waals surface area contributed by atoms with Gasteiger partial charge in [0.05, 0.1) is 0 Å². The maximum absolute atomic E-state index is 2.20. The highest BCUT2D eigenvalue weighted by molar-refractivity contribution is 7.30. The van der Waals surface area contributed by atoms with Crippen LogP contribution >= 0.6 is 8.19 Å². The van der Waals surface area contributed by atoms with Gasteiger partial charge in [-0.05, 0) is 23.9 Å². The molecular weight excluding hydrogens is 175 g/mol. The molecule has 0 N–H and O–H groups in total. The minimum Gasteiger partial charge on any atom is -0.0807 e. The van der Waals surface area contributed by atoms with Crippen molar-refractivity contribution in [3.05, 3.63) is 59.7 Å². The molecule has 0 atom stereocenters. The molecule has 0 nitrogen and oxygen atoms in total. The lowest BCUT2D eigenvalue weighted by atomic mass is 10.2. The van der Waals surface area contributed by atoms with E-state index in [1.165, 1.54) is 19.1 Å². The van der Waals surface area contributed by atoms with Gasteiger partial charge in [-0.1, -0.05) is 50.7 Å². The largest absolute Gasteiger partial charge is 0.0807 e. The Kier molecular flexibility index (Phi) is 2.74. The summed E-state index contributed by atoms with van der Waals surface area (Å²) in [4.78, 5) is 0. The van der Waals surface area contributed by atoms with Crippen LogP contribution in [0.2, 0.25) is 0 Å². The molecule has 0 radical (unpaired) electrons. The van der Waals surface area contributed by atoms with E-state index in [9.17, 15) is 0 Å². The molecular formula is C12H11P. The second-order valence-corrected chi connectivity index (χ2v) is 3.94. The van der Waals surface area contributed by atoms with E-state index >= 15 is 0 Å². The molecule has 64 valence electrons. The van der Waals surface area contributed by atoms with E-state index in [0.717, 1.165) is 6.42 Å². The zero-order chi connectivity index (χ0) is 8.93. The molecule has 0 spiro atoms. The molecule has 0 amide bonds. The first-order chi connectivity index (χ1) is 6.47. The van der Waals surface area contributed by atoms with Crippen molar-refractivity contribution in [1.82, 2.24) is 0 Å². The van der Waals surface area contributed by atoms with Crippen LogP contribution in [0.3, 0.4) is 0 Å². The second-order valence-electron chi connectivity index (χ2n) is 2.90. The molecule has 13 heavy (non-hydrogen) atoms. The Bertz CT molecular complexity index is 358. The fourth-order valence-electron chi connectivity index (χ4n) is 1.28. The SMILES string of the molecule is C1=CCC=CC(c2ccccp2)=C1. The Morgan fingerprint density at radius 2 is 2.15 bits per heavy atom. The molecule has 0 fully saturated rings. The Hall–Kier alpha value is -1.13. The fourth-order valence-corrected chi connectivity index (χ4v) is 2.10. The van der Waals surface area contributed by atoms with E-state index in [4.69, 9.17) is 0 Å². The highest BCUT2D eigenvalue weighted by atomic mass is 31.0. The first-order valence-electron chi connectivity index (χ1n) is 4.41. The Labute approximate surface area is 80.4 Å². The molecule has 0 saturated heterocycles. The summed E-state index contributed by atoms with van der Waals surface area (Å²) in [6.45, 7) is 0. The molecule has 1 heterocycles. The van der Waals surface area contributed by atoms with Gasteiger partial charge >= 0.3 is 0 Å². The van der Waals surface area contributed by atoms with Crippen LogP contribution in [0, 0.1) is 0 Å². The van der Waals surface area contributed by atoms with E-state index in [0.29, 0.717) is 0 Å². The maximum Gasteiger partial charge on any atom is 0.00900 e. The predicted molar refractivity (Wildman–Crippen MR) is 59.8 cm³/mol. The van der Waals surface area contributed by atoms with Crippen molar-refractivity contribution in [1.29, 1.82) is 0 Å². The number of allylic oxidation sites excluding steroid dienone is 6. The molecule has 1 aromatic heterocycles.